The zero-order valence-corrected chi connectivity index (χ0v) is 16.5. The SMILES string of the molecule is CC(C)(C)OC(=O)COc1ccc(B2OC(C)(C)C(C)(C)O2)cc1C#N. The average Bonchev–Trinajstić information content (AvgIpc) is 2.71. The van der Waals surface area contributed by atoms with E-state index >= 15 is 0 Å². The molecule has 1 aromatic rings. The van der Waals surface area contributed by atoms with Gasteiger partial charge in [0.15, 0.2) is 6.61 Å². The normalized spacial score (nSPS) is 18.3. The third-order valence-electron chi connectivity index (χ3n) is 4.42. The second-order valence-corrected chi connectivity index (χ2v) is 8.33. The minimum absolute atomic E-state index is 0.262. The van der Waals surface area contributed by atoms with E-state index in [4.69, 9.17) is 18.8 Å². The Hall–Kier alpha value is -2.04. The molecular weight excluding hydrogens is 333 g/mol. The van der Waals surface area contributed by atoms with E-state index in [0.29, 0.717) is 11.3 Å². The second-order valence-electron chi connectivity index (χ2n) is 8.33. The van der Waals surface area contributed by atoms with Crippen molar-refractivity contribution in [2.45, 2.75) is 65.3 Å². The van der Waals surface area contributed by atoms with Crippen molar-refractivity contribution in [1.29, 1.82) is 5.26 Å². The summed E-state index contributed by atoms with van der Waals surface area (Å²) in [4.78, 5) is 11.8. The van der Waals surface area contributed by atoms with Gasteiger partial charge < -0.3 is 18.8 Å². The second kappa shape index (κ2) is 6.94. The topological polar surface area (TPSA) is 77.8 Å². The quantitative estimate of drug-likeness (QED) is 0.607. The van der Waals surface area contributed by atoms with Gasteiger partial charge in [0.25, 0.3) is 0 Å². The van der Waals surface area contributed by atoms with Crippen LogP contribution >= 0.6 is 0 Å². The highest BCUT2D eigenvalue weighted by Crippen LogP contribution is 2.36. The van der Waals surface area contributed by atoms with Crippen molar-refractivity contribution in [1.82, 2.24) is 0 Å². The summed E-state index contributed by atoms with van der Waals surface area (Å²) in [6, 6.07) is 7.16. The van der Waals surface area contributed by atoms with Crippen LogP contribution in [0.3, 0.4) is 0 Å². The van der Waals surface area contributed by atoms with Gasteiger partial charge >= 0.3 is 13.1 Å². The number of benzene rings is 1. The molecule has 140 valence electrons. The molecule has 1 heterocycles. The number of hydrogen-bond acceptors (Lipinski definition) is 6. The first kappa shape index (κ1) is 20.3. The number of rotatable bonds is 4. The highest BCUT2D eigenvalue weighted by Gasteiger charge is 2.51. The lowest BCUT2D eigenvalue weighted by atomic mass is 9.78. The van der Waals surface area contributed by atoms with Gasteiger partial charge in [-0.2, -0.15) is 5.26 Å². The smallest absolute Gasteiger partial charge is 0.481 e. The largest absolute Gasteiger partial charge is 0.494 e. The molecule has 1 aliphatic rings. The van der Waals surface area contributed by atoms with Crippen LogP contribution in [0.5, 0.6) is 5.75 Å². The molecule has 26 heavy (non-hydrogen) atoms. The monoisotopic (exact) mass is 359 g/mol. The van der Waals surface area contributed by atoms with Crippen LogP contribution in [-0.2, 0) is 18.8 Å². The highest BCUT2D eigenvalue weighted by atomic mass is 16.7. The molecule has 0 aliphatic carbocycles. The first-order valence-electron chi connectivity index (χ1n) is 8.59. The molecule has 6 nitrogen and oxygen atoms in total. The number of hydrogen-bond donors (Lipinski definition) is 0. The van der Waals surface area contributed by atoms with Crippen LogP contribution in [0.2, 0.25) is 0 Å². The first-order chi connectivity index (χ1) is 11.8. The number of nitriles is 1. The van der Waals surface area contributed by atoms with Crippen LogP contribution in [-0.4, -0.2) is 36.5 Å². The van der Waals surface area contributed by atoms with Gasteiger partial charge in [0.05, 0.1) is 16.8 Å². The van der Waals surface area contributed by atoms with Crippen LogP contribution < -0.4 is 10.2 Å². The van der Waals surface area contributed by atoms with Gasteiger partial charge in [0, 0.05) is 0 Å². The zero-order chi connectivity index (χ0) is 19.8. The predicted molar refractivity (Wildman–Crippen MR) is 98.2 cm³/mol. The van der Waals surface area contributed by atoms with Crippen molar-refractivity contribution >= 4 is 18.6 Å². The lowest BCUT2D eigenvalue weighted by Crippen LogP contribution is -2.41. The third-order valence-corrected chi connectivity index (χ3v) is 4.42. The Kier molecular flexibility index (Phi) is 5.41. The minimum Gasteiger partial charge on any atom is -0.481 e. The van der Waals surface area contributed by atoms with Gasteiger partial charge in [0.2, 0.25) is 0 Å². The maximum atomic E-state index is 11.8. The van der Waals surface area contributed by atoms with E-state index in [0.717, 1.165) is 5.46 Å². The molecule has 0 bridgehead atoms. The van der Waals surface area contributed by atoms with E-state index < -0.39 is 29.9 Å². The summed E-state index contributed by atoms with van der Waals surface area (Å²) in [5, 5.41) is 9.41. The summed E-state index contributed by atoms with van der Waals surface area (Å²) in [6.45, 7) is 13.0. The average molecular weight is 359 g/mol. The van der Waals surface area contributed by atoms with E-state index in [1.54, 1.807) is 39.0 Å². The maximum Gasteiger partial charge on any atom is 0.494 e. The van der Waals surface area contributed by atoms with Gasteiger partial charge in [-0.25, -0.2) is 4.79 Å². The van der Waals surface area contributed by atoms with Crippen LogP contribution in [0.25, 0.3) is 0 Å². The summed E-state index contributed by atoms with van der Waals surface area (Å²) in [7, 11) is -0.563. The van der Waals surface area contributed by atoms with E-state index in [9.17, 15) is 10.1 Å². The van der Waals surface area contributed by atoms with Crippen LogP contribution in [0, 0.1) is 11.3 Å². The fourth-order valence-electron chi connectivity index (χ4n) is 2.39. The molecule has 1 aliphatic heterocycles. The fraction of sp³-hybridized carbons (Fsp3) is 0.579. The molecule has 1 aromatic carbocycles. The Morgan fingerprint density at radius 3 is 2.27 bits per heavy atom. The van der Waals surface area contributed by atoms with Crippen molar-refractivity contribution in [3.63, 3.8) is 0 Å². The molecule has 0 aromatic heterocycles. The number of esters is 1. The molecule has 0 radical (unpaired) electrons. The lowest BCUT2D eigenvalue weighted by molar-refractivity contribution is -0.157. The van der Waals surface area contributed by atoms with Crippen molar-refractivity contribution in [2.75, 3.05) is 6.61 Å². The minimum atomic E-state index is -0.584. The molecule has 0 N–H and O–H groups in total. The van der Waals surface area contributed by atoms with Gasteiger partial charge in [-0.05, 0) is 66.1 Å². The van der Waals surface area contributed by atoms with E-state index in [1.807, 2.05) is 27.7 Å². The standard InChI is InChI=1S/C19H26BNO5/c1-17(2,3)24-16(22)12-23-15-9-8-14(10-13(15)11-21)20-25-18(4,5)19(6,7)26-20/h8-10H,12H2,1-7H3. The van der Waals surface area contributed by atoms with Crippen molar-refractivity contribution < 1.29 is 23.6 Å². The summed E-state index contributed by atoms with van der Waals surface area (Å²) in [6.07, 6.45) is 0. The molecule has 0 amide bonds. The third kappa shape index (κ3) is 4.57. The number of ether oxygens (including phenoxy) is 2. The van der Waals surface area contributed by atoms with E-state index in [-0.39, 0.29) is 6.61 Å². The van der Waals surface area contributed by atoms with E-state index in [1.165, 1.54) is 0 Å². The van der Waals surface area contributed by atoms with Crippen molar-refractivity contribution in [2.24, 2.45) is 0 Å². The van der Waals surface area contributed by atoms with Crippen molar-refractivity contribution in [3.8, 4) is 11.8 Å². The molecule has 0 saturated carbocycles. The zero-order valence-electron chi connectivity index (χ0n) is 16.5. The number of carbonyl (C=O) groups is 1. The van der Waals surface area contributed by atoms with Gasteiger partial charge in [-0.3, -0.25) is 0 Å². The van der Waals surface area contributed by atoms with Gasteiger partial charge in [-0.15, -0.1) is 0 Å². The van der Waals surface area contributed by atoms with Crippen LogP contribution in [0.4, 0.5) is 0 Å². The van der Waals surface area contributed by atoms with Crippen LogP contribution in [0.15, 0.2) is 18.2 Å². The maximum absolute atomic E-state index is 11.8. The first-order valence-corrected chi connectivity index (χ1v) is 8.59. The summed E-state index contributed by atoms with van der Waals surface area (Å²) in [5.74, 6) is -0.171. The van der Waals surface area contributed by atoms with Gasteiger partial charge in [0.1, 0.15) is 17.4 Å². The summed E-state index contributed by atoms with van der Waals surface area (Å²) >= 11 is 0. The molecule has 1 fully saturated rings. The Morgan fingerprint density at radius 1 is 1.19 bits per heavy atom. The van der Waals surface area contributed by atoms with Gasteiger partial charge in [-0.1, -0.05) is 6.07 Å². The molecule has 7 heteroatoms. The molecule has 0 unspecified atom stereocenters. The molecule has 2 rings (SSSR count). The Bertz CT molecular complexity index is 714. The van der Waals surface area contributed by atoms with Crippen molar-refractivity contribution in [3.05, 3.63) is 23.8 Å². The highest BCUT2D eigenvalue weighted by molar-refractivity contribution is 6.62. The fourth-order valence-corrected chi connectivity index (χ4v) is 2.39. The Labute approximate surface area is 155 Å². The lowest BCUT2D eigenvalue weighted by Gasteiger charge is -2.32. The predicted octanol–water partition coefficient (Wildman–Crippen LogP) is 2.58. The van der Waals surface area contributed by atoms with E-state index in [2.05, 4.69) is 6.07 Å². The molecule has 0 atom stereocenters. The summed E-state index contributed by atoms with van der Waals surface area (Å²) in [5.41, 5.74) is -0.475. The number of carbonyl (C=O) groups excluding carboxylic acids is 1. The number of nitrogens with zero attached hydrogens (tertiary/aromatic N) is 1. The Balaban J connectivity index is 2.11. The molecule has 0 spiro atoms. The van der Waals surface area contributed by atoms with Crippen LogP contribution in [0.1, 0.15) is 54.0 Å². The molecule has 1 saturated heterocycles. The Morgan fingerprint density at radius 2 is 1.77 bits per heavy atom. The molecular formula is C19H26BNO5. The summed E-state index contributed by atoms with van der Waals surface area (Å²) < 4.78 is 22.6.